The molecule has 2 saturated carbocycles. The summed E-state index contributed by atoms with van der Waals surface area (Å²) in [5, 5.41) is 0. The van der Waals surface area contributed by atoms with E-state index in [4.69, 9.17) is 4.74 Å². The van der Waals surface area contributed by atoms with Crippen molar-refractivity contribution in [3.63, 3.8) is 0 Å². The molecule has 0 aliphatic heterocycles. The van der Waals surface area contributed by atoms with Crippen LogP contribution in [0.3, 0.4) is 0 Å². The van der Waals surface area contributed by atoms with Crippen molar-refractivity contribution in [3.05, 3.63) is 36.4 Å². The first-order valence-electron chi connectivity index (χ1n) is 8.60. The quantitative estimate of drug-likeness (QED) is 0.674. The standard InChI is InChI=1S/C20H28O/c1-3-16-8-10-19(11-9-16)21-20(2)14-12-18(13-15-20)17-6-4-5-7-17/h3,8-11,17-18H,1,4-7,12-15H2,2H3. The molecule has 2 aliphatic rings. The average Bonchev–Trinajstić information content (AvgIpc) is 3.03. The summed E-state index contributed by atoms with van der Waals surface area (Å²) in [6.07, 6.45) is 12.9. The second-order valence-corrected chi connectivity index (χ2v) is 7.21. The van der Waals surface area contributed by atoms with Crippen molar-refractivity contribution in [1.82, 2.24) is 0 Å². The van der Waals surface area contributed by atoms with Gasteiger partial charge >= 0.3 is 0 Å². The lowest BCUT2D eigenvalue weighted by Crippen LogP contribution is -2.38. The molecule has 2 aliphatic carbocycles. The Morgan fingerprint density at radius 2 is 1.57 bits per heavy atom. The fraction of sp³-hybridized carbons (Fsp3) is 0.600. The van der Waals surface area contributed by atoms with Gasteiger partial charge in [-0.3, -0.25) is 0 Å². The van der Waals surface area contributed by atoms with Gasteiger partial charge in [0.2, 0.25) is 0 Å². The van der Waals surface area contributed by atoms with Crippen LogP contribution in [0.1, 0.15) is 63.9 Å². The molecule has 1 aromatic carbocycles. The van der Waals surface area contributed by atoms with Crippen LogP contribution in [0.5, 0.6) is 5.75 Å². The molecule has 0 atom stereocenters. The van der Waals surface area contributed by atoms with E-state index in [0.29, 0.717) is 0 Å². The summed E-state index contributed by atoms with van der Waals surface area (Å²) < 4.78 is 6.32. The van der Waals surface area contributed by atoms with Crippen LogP contribution < -0.4 is 4.74 Å². The van der Waals surface area contributed by atoms with Crippen LogP contribution in [0.15, 0.2) is 30.8 Å². The molecule has 0 bridgehead atoms. The Morgan fingerprint density at radius 1 is 1.00 bits per heavy atom. The Kier molecular flexibility index (Phi) is 4.37. The second-order valence-electron chi connectivity index (χ2n) is 7.21. The van der Waals surface area contributed by atoms with Gasteiger partial charge in [-0.1, -0.05) is 50.5 Å². The third kappa shape index (κ3) is 3.51. The molecule has 0 heterocycles. The first-order chi connectivity index (χ1) is 10.2. The van der Waals surface area contributed by atoms with Crippen molar-refractivity contribution >= 4 is 6.08 Å². The van der Waals surface area contributed by atoms with Gasteiger partial charge in [-0.25, -0.2) is 0 Å². The highest BCUT2D eigenvalue weighted by molar-refractivity contribution is 5.48. The van der Waals surface area contributed by atoms with Crippen molar-refractivity contribution in [1.29, 1.82) is 0 Å². The summed E-state index contributed by atoms with van der Waals surface area (Å²) in [5.41, 5.74) is 1.18. The molecule has 0 saturated heterocycles. The highest BCUT2D eigenvalue weighted by Crippen LogP contribution is 2.43. The van der Waals surface area contributed by atoms with Gasteiger partial charge in [0.15, 0.2) is 0 Å². The normalized spacial score (nSPS) is 30.2. The van der Waals surface area contributed by atoms with E-state index < -0.39 is 0 Å². The maximum atomic E-state index is 6.32. The molecular weight excluding hydrogens is 256 g/mol. The lowest BCUT2D eigenvalue weighted by molar-refractivity contribution is 0.0224. The molecule has 2 fully saturated rings. The molecule has 1 nitrogen and oxygen atoms in total. The maximum Gasteiger partial charge on any atom is 0.120 e. The van der Waals surface area contributed by atoms with Crippen LogP contribution in [0.25, 0.3) is 6.08 Å². The van der Waals surface area contributed by atoms with Crippen molar-refractivity contribution in [3.8, 4) is 5.75 Å². The van der Waals surface area contributed by atoms with Gasteiger partial charge in [0.05, 0.1) is 0 Å². The largest absolute Gasteiger partial charge is 0.488 e. The fourth-order valence-electron chi connectivity index (χ4n) is 4.21. The first-order valence-corrected chi connectivity index (χ1v) is 8.60. The van der Waals surface area contributed by atoms with Crippen molar-refractivity contribution in [2.75, 3.05) is 0 Å². The zero-order valence-electron chi connectivity index (χ0n) is 13.3. The highest BCUT2D eigenvalue weighted by Gasteiger charge is 2.36. The van der Waals surface area contributed by atoms with E-state index in [1.807, 2.05) is 6.08 Å². The van der Waals surface area contributed by atoms with Gasteiger partial charge in [-0.05, 0) is 62.1 Å². The molecular formula is C20H28O. The lowest BCUT2D eigenvalue weighted by Gasteiger charge is -2.39. The van der Waals surface area contributed by atoms with Gasteiger partial charge in [0, 0.05) is 0 Å². The minimum absolute atomic E-state index is 0.0325. The SMILES string of the molecule is C=Cc1ccc(OC2(C)CCC(C3CCCC3)CC2)cc1. The van der Waals surface area contributed by atoms with Crippen molar-refractivity contribution < 1.29 is 4.74 Å². The van der Waals surface area contributed by atoms with E-state index in [1.165, 1.54) is 51.4 Å². The zero-order chi connectivity index (χ0) is 14.7. The van der Waals surface area contributed by atoms with Crippen LogP contribution in [-0.2, 0) is 0 Å². The van der Waals surface area contributed by atoms with E-state index in [1.54, 1.807) is 0 Å². The van der Waals surface area contributed by atoms with Gasteiger partial charge in [0.25, 0.3) is 0 Å². The maximum absolute atomic E-state index is 6.32. The highest BCUT2D eigenvalue weighted by atomic mass is 16.5. The predicted molar refractivity (Wildman–Crippen MR) is 89.5 cm³/mol. The molecule has 0 N–H and O–H groups in total. The predicted octanol–water partition coefficient (Wildman–Crippen LogP) is 5.85. The number of benzene rings is 1. The lowest BCUT2D eigenvalue weighted by atomic mass is 9.73. The molecule has 1 aromatic rings. The molecule has 0 radical (unpaired) electrons. The average molecular weight is 284 g/mol. The molecule has 3 rings (SSSR count). The Balaban J connectivity index is 1.56. The third-order valence-corrected chi connectivity index (χ3v) is 5.63. The second kappa shape index (κ2) is 6.25. The Hall–Kier alpha value is -1.24. The summed E-state index contributed by atoms with van der Waals surface area (Å²) in [6.45, 7) is 6.09. The summed E-state index contributed by atoms with van der Waals surface area (Å²) in [5.74, 6) is 2.98. The molecule has 114 valence electrons. The van der Waals surface area contributed by atoms with Crippen molar-refractivity contribution in [2.45, 2.75) is 63.9 Å². The number of hydrogen-bond donors (Lipinski definition) is 0. The van der Waals surface area contributed by atoms with Gasteiger partial charge in [-0.15, -0.1) is 0 Å². The minimum Gasteiger partial charge on any atom is -0.488 e. The minimum atomic E-state index is 0.0325. The van der Waals surface area contributed by atoms with Gasteiger partial charge in [-0.2, -0.15) is 0 Å². The Bertz CT molecular complexity index is 459. The third-order valence-electron chi connectivity index (χ3n) is 5.63. The number of ether oxygens (including phenoxy) is 1. The summed E-state index contributed by atoms with van der Waals surface area (Å²) >= 11 is 0. The van der Waals surface area contributed by atoms with E-state index in [0.717, 1.165) is 23.1 Å². The van der Waals surface area contributed by atoms with E-state index in [9.17, 15) is 0 Å². The summed E-state index contributed by atoms with van der Waals surface area (Å²) in [6, 6.07) is 8.31. The first kappa shape index (κ1) is 14.7. The zero-order valence-corrected chi connectivity index (χ0v) is 13.3. The smallest absolute Gasteiger partial charge is 0.120 e. The van der Waals surface area contributed by atoms with E-state index in [-0.39, 0.29) is 5.60 Å². The molecule has 0 spiro atoms. The Labute approximate surface area is 129 Å². The van der Waals surface area contributed by atoms with Crippen LogP contribution >= 0.6 is 0 Å². The van der Waals surface area contributed by atoms with Crippen molar-refractivity contribution in [2.24, 2.45) is 11.8 Å². The van der Waals surface area contributed by atoms with Crippen LogP contribution in [0.4, 0.5) is 0 Å². The molecule has 0 aromatic heterocycles. The van der Waals surface area contributed by atoms with Crippen LogP contribution in [-0.4, -0.2) is 5.60 Å². The topological polar surface area (TPSA) is 9.23 Å². The Morgan fingerprint density at radius 3 is 2.14 bits per heavy atom. The molecule has 21 heavy (non-hydrogen) atoms. The molecule has 0 unspecified atom stereocenters. The molecule has 1 heteroatoms. The number of hydrogen-bond acceptors (Lipinski definition) is 1. The van der Waals surface area contributed by atoms with E-state index in [2.05, 4.69) is 37.8 Å². The van der Waals surface area contributed by atoms with Gasteiger partial charge in [0.1, 0.15) is 11.4 Å². The molecule has 0 amide bonds. The van der Waals surface area contributed by atoms with Crippen LogP contribution in [0.2, 0.25) is 0 Å². The number of rotatable bonds is 4. The van der Waals surface area contributed by atoms with E-state index >= 15 is 0 Å². The monoisotopic (exact) mass is 284 g/mol. The fourth-order valence-corrected chi connectivity index (χ4v) is 4.21. The van der Waals surface area contributed by atoms with Gasteiger partial charge < -0.3 is 4.74 Å². The summed E-state index contributed by atoms with van der Waals surface area (Å²) in [7, 11) is 0. The van der Waals surface area contributed by atoms with Crippen LogP contribution in [0, 0.1) is 11.8 Å². The summed E-state index contributed by atoms with van der Waals surface area (Å²) in [4.78, 5) is 0.